The second kappa shape index (κ2) is 10.0. The Kier molecular flexibility index (Phi) is 7.39. The molecule has 0 aliphatic carbocycles. The van der Waals surface area contributed by atoms with Gasteiger partial charge >= 0.3 is 0 Å². The zero-order chi connectivity index (χ0) is 22.4. The van der Waals surface area contributed by atoms with Gasteiger partial charge in [0.25, 0.3) is 5.56 Å². The normalized spacial score (nSPS) is 11.6. The summed E-state index contributed by atoms with van der Waals surface area (Å²) in [5.74, 6) is 1.23. The van der Waals surface area contributed by atoms with Crippen LogP contribution in [0.1, 0.15) is 51.8 Å². The Hall–Kier alpha value is -2.79. The maximum absolute atomic E-state index is 13.3. The summed E-state index contributed by atoms with van der Waals surface area (Å²) in [5, 5.41) is 11.4. The quantitative estimate of drug-likeness (QED) is 0.475. The maximum atomic E-state index is 13.3. The highest BCUT2D eigenvalue weighted by Crippen LogP contribution is 2.32. The van der Waals surface area contributed by atoms with Crippen molar-refractivity contribution in [2.45, 2.75) is 60.3 Å². The fraction of sp³-hybridized carbons (Fsp3) is 0.423. The summed E-state index contributed by atoms with van der Waals surface area (Å²) in [5.41, 5.74) is 1.34. The topological polar surface area (TPSA) is 60.7 Å². The second-order valence-corrected chi connectivity index (χ2v) is 9.07. The van der Waals surface area contributed by atoms with Gasteiger partial charge < -0.3 is 19.1 Å². The number of nitrogens with zero attached hydrogens (tertiary/aromatic N) is 1. The van der Waals surface area contributed by atoms with E-state index >= 15 is 0 Å². The molecule has 0 fully saturated rings. The lowest BCUT2D eigenvalue weighted by Crippen LogP contribution is -2.30. The number of unbranched alkanes of at least 4 members (excludes halogenated alkanes) is 1. The van der Waals surface area contributed by atoms with Crippen LogP contribution in [0.25, 0.3) is 10.8 Å². The average Bonchev–Trinajstić information content (AvgIpc) is 2.75. The molecule has 1 aromatic heterocycles. The van der Waals surface area contributed by atoms with E-state index in [9.17, 15) is 9.90 Å². The highest BCUT2D eigenvalue weighted by atomic mass is 16.5. The number of benzene rings is 2. The van der Waals surface area contributed by atoms with Crippen LogP contribution >= 0.6 is 0 Å². The molecule has 3 aromatic rings. The molecule has 0 saturated heterocycles. The molecular weight excluding hydrogens is 390 g/mol. The summed E-state index contributed by atoms with van der Waals surface area (Å²) in [6, 6.07) is 15.4. The summed E-state index contributed by atoms with van der Waals surface area (Å²) < 4.78 is 13.8. The summed E-state index contributed by atoms with van der Waals surface area (Å²) in [6.45, 7) is 9.51. The minimum absolute atomic E-state index is 0.119. The first kappa shape index (κ1) is 22.9. The first-order chi connectivity index (χ1) is 14.8. The smallest absolute Gasteiger partial charge is 0.258 e. The molecule has 0 atom stereocenters. The molecular formula is C26H33NO4. The van der Waals surface area contributed by atoms with Crippen LogP contribution in [0.4, 0.5) is 0 Å². The minimum atomic E-state index is -0.266. The molecule has 1 N–H and O–H groups in total. The fourth-order valence-electron chi connectivity index (χ4n) is 3.55. The maximum Gasteiger partial charge on any atom is 0.258 e. The van der Waals surface area contributed by atoms with Gasteiger partial charge in [0.2, 0.25) is 0 Å². The van der Waals surface area contributed by atoms with Gasteiger partial charge in [-0.1, -0.05) is 64.4 Å². The molecule has 5 nitrogen and oxygen atoms in total. The van der Waals surface area contributed by atoms with E-state index in [2.05, 4.69) is 27.7 Å². The molecule has 0 aliphatic heterocycles. The van der Waals surface area contributed by atoms with Crippen molar-refractivity contribution in [3.05, 3.63) is 70.1 Å². The van der Waals surface area contributed by atoms with Crippen LogP contribution in [0.5, 0.6) is 11.5 Å². The van der Waals surface area contributed by atoms with E-state index < -0.39 is 0 Å². The largest absolute Gasteiger partial charge is 0.491 e. The van der Waals surface area contributed by atoms with Gasteiger partial charge in [-0.15, -0.1) is 0 Å². The number of aromatic nitrogens is 1. The van der Waals surface area contributed by atoms with Crippen molar-refractivity contribution in [2.24, 2.45) is 5.41 Å². The molecule has 31 heavy (non-hydrogen) atoms. The van der Waals surface area contributed by atoms with Gasteiger partial charge in [0.1, 0.15) is 18.1 Å². The van der Waals surface area contributed by atoms with Crippen LogP contribution in [0.3, 0.4) is 0 Å². The number of hydrogen-bond acceptors (Lipinski definition) is 4. The first-order valence-electron chi connectivity index (χ1n) is 10.9. The van der Waals surface area contributed by atoms with Crippen molar-refractivity contribution < 1.29 is 14.6 Å². The molecule has 166 valence electrons. The Balaban J connectivity index is 2.08. The Morgan fingerprint density at radius 3 is 2.39 bits per heavy atom. The second-order valence-electron chi connectivity index (χ2n) is 9.07. The lowest BCUT2D eigenvalue weighted by atomic mass is 9.96. The van der Waals surface area contributed by atoms with Crippen molar-refractivity contribution in [1.29, 1.82) is 0 Å². The molecule has 5 heteroatoms. The fourth-order valence-corrected chi connectivity index (χ4v) is 3.55. The number of aliphatic hydroxyl groups excluding tert-OH is 1. The van der Waals surface area contributed by atoms with Crippen LogP contribution in [0.2, 0.25) is 0 Å². The predicted octanol–water partition coefficient (Wildman–Crippen LogP) is 5.30. The number of ether oxygens (including phenoxy) is 2. The molecule has 1 heterocycles. The highest BCUT2D eigenvalue weighted by molar-refractivity contribution is 5.89. The SMILES string of the molecule is CCCCOc1c(CO)n(CC(C)(C)C)c(=O)c2ccc(OCc3ccccc3)cc12. The summed E-state index contributed by atoms with van der Waals surface area (Å²) in [4.78, 5) is 13.3. The van der Waals surface area contributed by atoms with Crippen molar-refractivity contribution in [2.75, 3.05) is 6.61 Å². The van der Waals surface area contributed by atoms with E-state index in [0.717, 1.165) is 18.4 Å². The summed E-state index contributed by atoms with van der Waals surface area (Å²) >= 11 is 0. The third-order valence-electron chi connectivity index (χ3n) is 5.07. The Labute approximate surface area is 184 Å². The average molecular weight is 424 g/mol. The molecule has 0 spiro atoms. The standard InChI is InChI=1S/C26H33NO4/c1-5-6-14-30-24-22-15-20(31-17-19-10-8-7-9-11-19)12-13-21(22)25(29)27(23(24)16-28)18-26(2,3)4/h7-13,15,28H,5-6,14,16-18H2,1-4H3. The molecule has 0 saturated carbocycles. The van der Waals surface area contributed by atoms with E-state index in [1.165, 1.54) is 0 Å². The molecule has 0 unspecified atom stereocenters. The van der Waals surface area contributed by atoms with Crippen molar-refractivity contribution >= 4 is 10.8 Å². The van der Waals surface area contributed by atoms with Crippen LogP contribution in [-0.4, -0.2) is 16.3 Å². The molecule has 3 rings (SSSR count). The number of pyridine rings is 1. The molecule has 0 radical (unpaired) electrons. The zero-order valence-corrected chi connectivity index (χ0v) is 19.0. The Bertz CT molecular complexity index is 1060. The molecule has 2 aromatic carbocycles. The lowest BCUT2D eigenvalue weighted by Gasteiger charge is -2.25. The minimum Gasteiger partial charge on any atom is -0.491 e. The Morgan fingerprint density at radius 2 is 1.74 bits per heavy atom. The summed E-state index contributed by atoms with van der Waals surface area (Å²) in [7, 11) is 0. The number of aliphatic hydroxyl groups is 1. The Morgan fingerprint density at radius 1 is 1.00 bits per heavy atom. The van der Waals surface area contributed by atoms with E-state index in [0.29, 0.717) is 47.7 Å². The van der Waals surface area contributed by atoms with Gasteiger partial charge in [0.15, 0.2) is 0 Å². The van der Waals surface area contributed by atoms with Crippen LogP contribution in [0.15, 0.2) is 53.3 Å². The summed E-state index contributed by atoms with van der Waals surface area (Å²) in [6.07, 6.45) is 1.90. The van der Waals surface area contributed by atoms with Crippen LogP contribution in [-0.2, 0) is 19.8 Å². The van der Waals surface area contributed by atoms with Gasteiger partial charge in [-0.25, -0.2) is 0 Å². The molecule has 0 amide bonds. The molecule has 0 bridgehead atoms. The number of hydrogen-bond donors (Lipinski definition) is 1. The van der Waals surface area contributed by atoms with E-state index in [-0.39, 0.29) is 17.6 Å². The van der Waals surface area contributed by atoms with E-state index in [1.807, 2.05) is 42.5 Å². The van der Waals surface area contributed by atoms with Gasteiger partial charge in [-0.2, -0.15) is 0 Å². The number of fused-ring (bicyclic) bond motifs is 1. The number of rotatable bonds is 9. The van der Waals surface area contributed by atoms with E-state index in [4.69, 9.17) is 9.47 Å². The zero-order valence-electron chi connectivity index (χ0n) is 19.0. The lowest BCUT2D eigenvalue weighted by molar-refractivity contribution is 0.237. The van der Waals surface area contributed by atoms with Gasteiger partial charge in [0.05, 0.1) is 24.3 Å². The monoisotopic (exact) mass is 423 g/mol. The molecule has 0 aliphatic rings. The van der Waals surface area contributed by atoms with Crippen molar-refractivity contribution in [3.63, 3.8) is 0 Å². The van der Waals surface area contributed by atoms with E-state index in [1.54, 1.807) is 10.6 Å². The van der Waals surface area contributed by atoms with Crippen LogP contribution < -0.4 is 15.0 Å². The predicted molar refractivity (Wildman–Crippen MR) is 125 cm³/mol. The van der Waals surface area contributed by atoms with Crippen molar-refractivity contribution in [1.82, 2.24) is 4.57 Å². The third-order valence-corrected chi connectivity index (χ3v) is 5.07. The van der Waals surface area contributed by atoms with Crippen LogP contribution in [0, 0.1) is 5.41 Å². The van der Waals surface area contributed by atoms with Crippen molar-refractivity contribution in [3.8, 4) is 11.5 Å². The van der Waals surface area contributed by atoms with Gasteiger partial charge in [-0.05, 0) is 35.6 Å². The highest BCUT2D eigenvalue weighted by Gasteiger charge is 2.22. The third kappa shape index (κ3) is 5.67. The first-order valence-corrected chi connectivity index (χ1v) is 10.9. The van der Waals surface area contributed by atoms with Gasteiger partial charge in [-0.3, -0.25) is 4.79 Å². The van der Waals surface area contributed by atoms with Gasteiger partial charge in [0, 0.05) is 11.9 Å².